The Labute approximate surface area is 177 Å². The lowest BCUT2D eigenvalue weighted by Gasteiger charge is -2.08. The van der Waals surface area contributed by atoms with Gasteiger partial charge >= 0.3 is 0 Å². The van der Waals surface area contributed by atoms with Crippen molar-refractivity contribution in [1.29, 1.82) is 0 Å². The van der Waals surface area contributed by atoms with Crippen LogP contribution in [0, 0.1) is 0 Å². The van der Waals surface area contributed by atoms with E-state index in [9.17, 15) is 4.79 Å². The van der Waals surface area contributed by atoms with Crippen LogP contribution in [0.5, 0.6) is 5.75 Å². The summed E-state index contributed by atoms with van der Waals surface area (Å²) in [6.45, 7) is 2.26. The molecule has 0 N–H and O–H groups in total. The Morgan fingerprint density at radius 3 is 2.60 bits per heavy atom. The second kappa shape index (κ2) is 11.8. The zero-order chi connectivity index (χ0) is 21.0. The number of hydrogen-bond donors (Lipinski definition) is 0. The summed E-state index contributed by atoms with van der Waals surface area (Å²) in [7, 11) is 0. The molecule has 0 unspecified atom stereocenters. The maximum Gasteiger partial charge on any atom is 0.191 e. The monoisotopic (exact) mass is 407 g/mol. The minimum atomic E-state index is -0.108. The van der Waals surface area contributed by atoms with Gasteiger partial charge in [0.05, 0.1) is 0 Å². The lowest BCUT2D eigenvalue weighted by Crippen LogP contribution is -2.19. The average Bonchev–Trinajstić information content (AvgIpc) is 3.24. The van der Waals surface area contributed by atoms with Crippen LogP contribution in [0.3, 0.4) is 0 Å². The highest BCUT2D eigenvalue weighted by Gasteiger charge is 2.13. The quantitative estimate of drug-likeness (QED) is 0.393. The number of rotatable bonds is 13. The highest BCUT2D eigenvalue weighted by Crippen LogP contribution is 2.16. The topological polar surface area (TPSA) is 82.8 Å². The summed E-state index contributed by atoms with van der Waals surface area (Å²) in [5.41, 5.74) is 2.07. The Morgan fingerprint density at radius 1 is 1.03 bits per heavy atom. The molecular weight excluding hydrogens is 378 g/mol. The fourth-order valence-electron chi connectivity index (χ4n) is 3.25. The van der Waals surface area contributed by atoms with Crippen molar-refractivity contribution in [2.24, 2.45) is 0 Å². The van der Waals surface area contributed by atoms with Crippen molar-refractivity contribution in [2.45, 2.75) is 58.4 Å². The molecule has 0 atom stereocenters. The third-order valence-corrected chi connectivity index (χ3v) is 4.92. The third-order valence-electron chi connectivity index (χ3n) is 4.92. The first kappa shape index (κ1) is 21.6. The minimum absolute atomic E-state index is 0.0247. The number of carbonyl (C=O) groups is 1. The van der Waals surface area contributed by atoms with E-state index in [1.54, 1.807) is 18.5 Å². The summed E-state index contributed by atoms with van der Waals surface area (Å²) >= 11 is 0. The molecule has 0 aliphatic rings. The van der Waals surface area contributed by atoms with E-state index in [0.717, 1.165) is 12.0 Å². The highest BCUT2D eigenvalue weighted by molar-refractivity contribution is 5.80. The largest absolute Gasteiger partial charge is 0.486 e. The molecule has 0 bridgehead atoms. The van der Waals surface area contributed by atoms with Gasteiger partial charge in [0.15, 0.2) is 11.6 Å². The van der Waals surface area contributed by atoms with Gasteiger partial charge in [-0.05, 0) is 53.1 Å². The molecule has 3 aromatic rings. The normalized spacial score (nSPS) is 10.8. The zero-order valence-electron chi connectivity index (χ0n) is 17.5. The van der Waals surface area contributed by atoms with E-state index in [1.165, 1.54) is 48.8 Å². The van der Waals surface area contributed by atoms with Crippen LogP contribution in [0.25, 0.3) is 11.4 Å². The van der Waals surface area contributed by atoms with E-state index < -0.39 is 0 Å². The second-order valence-electron chi connectivity index (χ2n) is 7.39. The van der Waals surface area contributed by atoms with Crippen molar-refractivity contribution < 1.29 is 9.53 Å². The predicted molar refractivity (Wildman–Crippen MR) is 115 cm³/mol. The fraction of sp³-hybridized carbons (Fsp3) is 0.435. The molecule has 0 radical (unpaired) electrons. The van der Waals surface area contributed by atoms with Gasteiger partial charge in [-0.2, -0.15) is 0 Å². The van der Waals surface area contributed by atoms with Gasteiger partial charge in [-0.15, -0.1) is 5.10 Å². The van der Waals surface area contributed by atoms with Crippen LogP contribution in [0.2, 0.25) is 0 Å². The van der Waals surface area contributed by atoms with Gasteiger partial charge in [-0.3, -0.25) is 9.78 Å². The van der Waals surface area contributed by atoms with Crippen LogP contribution in [-0.4, -0.2) is 37.6 Å². The average molecular weight is 408 g/mol. The lowest BCUT2D eigenvalue weighted by molar-refractivity contribution is -0.121. The zero-order valence-corrected chi connectivity index (χ0v) is 17.5. The molecular formula is C23H29N5O2. The number of carbonyl (C=O) groups excluding carboxylic acids is 1. The van der Waals surface area contributed by atoms with Gasteiger partial charge in [0.1, 0.15) is 18.9 Å². The van der Waals surface area contributed by atoms with Gasteiger partial charge in [0.2, 0.25) is 0 Å². The Hall–Kier alpha value is -3.09. The third kappa shape index (κ3) is 6.76. The number of aromatic nitrogens is 5. The SMILES string of the molecule is CCCCCCCCc1ccc(OCC(=O)Cn2nnnc2-c2cccnc2)cc1. The van der Waals surface area contributed by atoms with E-state index in [1.807, 2.05) is 18.2 Å². The van der Waals surface area contributed by atoms with Crippen molar-refractivity contribution in [3.05, 3.63) is 54.4 Å². The van der Waals surface area contributed by atoms with Gasteiger partial charge in [-0.1, -0.05) is 51.2 Å². The molecule has 0 aliphatic carbocycles. The van der Waals surface area contributed by atoms with Crippen molar-refractivity contribution in [3.63, 3.8) is 0 Å². The molecule has 7 nitrogen and oxygen atoms in total. The number of Topliss-reactive ketones (excluding diaryl/α,β-unsaturated/α-hetero) is 1. The van der Waals surface area contributed by atoms with Gasteiger partial charge in [-0.25, -0.2) is 4.68 Å². The van der Waals surface area contributed by atoms with E-state index in [0.29, 0.717) is 11.6 Å². The van der Waals surface area contributed by atoms with Crippen LogP contribution in [0.1, 0.15) is 51.0 Å². The molecule has 30 heavy (non-hydrogen) atoms. The number of aryl methyl sites for hydroxylation is 1. The van der Waals surface area contributed by atoms with Crippen molar-refractivity contribution in [2.75, 3.05) is 6.61 Å². The number of ketones is 1. The number of ether oxygens (including phenoxy) is 1. The number of nitrogens with zero attached hydrogens (tertiary/aromatic N) is 5. The molecule has 158 valence electrons. The van der Waals surface area contributed by atoms with E-state index >= 15 is 0 Å². The smallest absolute Gasteiger partial charge is 0.191 e. The molecule has 1 aromatic carbocycles. The Morgan fingerprint density at radius 2 is 1.83 bits per heavy atom. The standard InChI is InChI=1S/C23H29N5O2/c1-2-3-4-5-6-7-9-19-11-13-22(14-12-19)30-18-21(29)17-28-23(25-26-27-28)20-10-8-15-24-16-20/h8,10-16H,2-7,9,17-18H2,1H3. The molecule has 0 saturated heterocycles. The first-order valence-corrected chi connectivity index (χ1v) is 10.7. The van der Waals surface area contributed by atoms with Gasteiger partial charge in [0.25, 0.3) is 0 Å². The van der Waals surface area contributed by atoms with Gasteiger partial charge < -0.3 is 4.74 Å². The van der Waals surface area contributed by atoms with Crippen molar-refractivity contribution in [1.82, 2.24) is 25.2 Å². The van der Waals surface area contributed by atoms with Gasteiger partial charge in [0, 0.05) is 18.0 Å². The summed E-state index contributed by atoms with van der Waals surface area (Å²) in [4.78, 5) is 16.4. The maximum atomic E-state index is 12.3. The second-order valence-corrected chi connectivity index (χ2v) is 7.39. The number of benzene rings is 1. The minimum Gasteiger partial charge on any atom is -0.486 e. The number of tetrazole rings is 1. The fourth-order valence-corrected chi connectivity index (χ4v) is 3.25. The summed E-state index contributed by atoms with van der Waals surface area (Å²) in [5.74, 6) is 1.10. The van der Waals surface area contributed by atoms with Crippen molar-refractivity contribution in [3.8, 4) is 17.1 Å². The van der Waals surface area contributed by atoms with Crippen LogP contribution >= 0.6 is 0 Å². The summed E-state index contributed by atoms with van der Waals surface area (Å²) < 4.78 is 7.11. The number of hydrogen-bond acceptors (Lipinski definition) is 6. The Kier molecular flexibility index (Phi) is 8.50. The Bertz CT molecular complexity index is 893. The first-order chi connectivity index (χ1) is 14.8. The summed E-state index contributed by atoms with van der Waals surface area (Å²) in [6, 6.07) is 11.7. The summed E-state index contributed by atoms with van der Waals surface area (Å²) in [6.07, 6.45) is 12.2. The van der Waals surface area contributed by atoms with E-state index in [-0.39, 0.29) is 18.9 Å². The molecule has 0 spiro atoms. The molecule has 0 amide bonds. The molecule has 0 aliphatic heterocycles. The molecule has 7 heteroatoms. The van der Waals surface area contributed by atoms with Crippen molar-refractivity contribution >= 4 is 5.78 Å². The predicted octanol–water partition coefficient (Wildman–Crippen LogP) is 4.29. The van der Waals surface area contributed by atoms with Crippen LogP contribution < -0.4 is 4.74 Å². The van der Waals surface area contributed by atoms with Crippen LogP contribution in [0.15, 0.2) is 48.8 Å². The lowest BCUT2D eigenvalue weighted by atomic mass is 10.0. The number of pyridine rings is 1. The molecule has 0 fully saturated rings. The molecule has 0 saturated carbocycles. The molecule has 3 rings (SSSR count). The molecule has 2 aromatic heterocycles. The Balaban J connectivity index is 1.42. The maximum absolute atomic E-state index is 12.3. The first-order valence-electron chi connectivity index (χ1n) is 10.7. The summed E-state index contributed by atoms with van der Waals surface area (Å²) in [5, 5.41) is 11.6. The van der Waals surface area contributed by atoms with E-state index in [4.69, 9.17) is 4.74 Å². The highest BCUT2D eigenvalue weighted by atomic mass is 16.5. The van der Waals surface area contributed by atoms with Crippen LogP contribution in [0.4, 0.5) is 0 Å². The number of unbranched alkanes of at least 4 members (excludes halogenated alkanes) is 5. The van der Waals surface area contributed by atoms with Crippen LogP contribution in [-0.2, 0) is 17.8 Å². The van der Waals surface area contributed by atoms with E-state index in [2.05, 4.69) is 39.6 Å². The molecule has 2 heterocycles.